The van der Waals surface area contributed by atoms with Crippen LogP contribution in [0.5, 0.6) is 0 Å². The van der Waals surface area contributed by atoms with Crippen LogP contribution in [-0.4, -0.2) is 31.7 Å². The molecule has 0 saturated carbocycles. The van der Waals surface area contributed by atoms with E-state index in [4.69, 9.17) is 0 Å². The summed E-state index contributed by atoms with van der Waals surface area (Å²) in [4.78, 5) is 25.1. The van der Waals surface area contributed by atoms with Crippen LogP contribution in [0.2, 0.25) is 0 Å². The number of carbonyl (C=O) groups is 2. The van der Waals surface area contributed by atoms with Crippen molar-refractivity contribution in [1.82, 2.24) is 10.6 Å². The first-order valence-corrected chi connectivity index (χ1v) is 8.70. The monoisotopic (exact) mass is 402 g/mol. The standard InChI is InChI=1S/C20H17F3N4O2/c21-20(22,23)16-5-1-2-6-17(16)26-18(28)24-11-3-4-14-7-9-15(10-8-14)27-13-12-25-19(27)29/h1-2,5-10H,11-13H2,(H,25,29)(H2,24,26,28). The topological polar surface area (TPSA) is 73.5 Å². The molecule has 0 bridgehead atoms. The van der Waals surface area contributed by atoms with E-state index >= 15 is 0 Å². The highest BCUT2D eigenvalue weighted by Gasteiger charge is 2.33. The molecule has 1 fully saturated rings. The Kier molecular flexibility index (Phi) is 5.93. The highest BCUT2D eigenvalue weighted by atomic mass is 19.4. The molecule has 3 N–H and O–H groups in total. The van der Waals surface area contributed by atoms with E-state index in [-0.39, 0.29) is 18.3 Å². The lowest BCUT2D eigenvalue weighted by Crippen LogP contribution is -2.29. The van der Waals surface area contributed by atoms with Crippen LogP contribution in [0, 0.1) is 11.8 Å². The molecule has 3 rings (SSSR count). The second-order valence-corrected chi connectivity index (χ2v) is 6.08. The molecule has 1 heterocycles. The Bertz CT molecular complexity index is 962. The molecule has 1 aliphatic heterocycles. The SMILES string of the molecule is O=C(NCC#Cc1ccc(N2CCNC2=O)cc1)Nc1ccccc1C(F)(F)F. The fraction of sp³-hybridized carbons (Fsp3) is 0.200. The largest absolute Gasteiger partial charge is 0.418 e. The van der Waals surface area contributed by atoms with Crippen LogP contribution in [0.4, 0.5) is 34.1 Å². The van der Waals surface area contributed by atoms with Crippen molar-refractivity contribution in [3.05, 3.63) is 59.7 Å². The van der Waals surface area contributed by atoms with Crippen molar-refractivity contribution in [1.29, 1.82) is 0 Å². The molecule has 2 aromatic carbocycles. The third-order valence-electron chi connectivity index (χ3n) is 4.09. The summed E-state index contributed by atoms with van der Waals surface area (Å²) in [6.07, 6.45) is -4.56. The summed E-state index contributed by atoms with van der Waals surface area (Å²) < 4.78 is 38.8. The maximum absolute atomic E-state index is 12.9. The molecule has 1 saturated heterocycles. The summed E-state index contributed by atoms with van der Waals surface area (Å²) in [6.45, 7) is 1.15. The Morgan fingerprint density at radius 3 is 2.52 bits per heavy atom. The van der Waals surface area contributed by atoms with Gasteiger partial charge in [-0.25, -0.2) is 9.59 Å². The third-order valence-corrected chi connectivity index (χ3v) is 4.09. The van der Waals surface area contributed by atoms with Crippen LogP contribution in [0.25, 0.3) is 0 Å². The van der Waals surface area contributed by atoms with Gasteiger partial charge in [-0.1, -0.05) is 24.0 Å². The minimum absolute atomic E-state index is 0.0453. The first kappa shape index (κ1) is 20.1. The summed E-state index contributed by atoms with van der Waals surface area (Å²) in [5.41, 5.74) is 0.185. The van der Waals surface area contributed by atoms with E-state index < -0.39 is 17.8 Å². The number of benzene rings is 2. The van der Waals surface area contributed by atoms with Gasteiger partial charge >= 0.3 is 18.2 Å². The number of anilines is 2. The second-order valence-electron chi connectivity index (χ2n) is 6.08. The lowest BCUT2D eigenvalue weighted by atomic mass is 10.1. The van der Waals surface area contributed by atoms with Crippen LogP contribution in [-0.2, 0) is 6.18 Å². The zero-order valence-electron chi connectivity index (χ0n) is 15.1. The van der Waals surface area contributed by atoms with Gasteiger partial charge in [0.25, 0.3) is 0 Å². The zero-order chi connectivity index (χ0) is 20.9. The molecule has 6 nitrogen and oxygen atoms in total. The third kappa shape index (κ3) is 5.19. The highest BCUT2D eigenvalue weighted by Crippen LogP contribution is 2.34. The van der Waals surface area contributed by atoms with E-state index in [1.807, 2.05) is 0 Å². The van der Waals surface area contributed by atoms with Crippen molar-refractivity contribution in [3.63, 3.8) is 0 Å². The van der Waals surface area contributed by atoms with Crippen LogP contribution in [0.15, 0.2) is 48.5 Å². The normalized spacial score (nSPS) is 13.3. The average Bonchev–Trinajstić information content (AvgIpc) is 3.11. The maximum atomic E-state index is 12.9. The number of nitrogens with zero attached hydrogens (tertiary/aromatic N) is 1. The summed E-state index contributed by atoms with van der Waals surface area (Å²) in [5, 5.41) is 7.28. The Morgan fingerprint density at radius 2 is 1.86 bits per heavy atom. The maximum Gasteiger partial charge on any atom is 0.418 e. The number of alkyl halides is 3. The fourth-order valence-corrected chi connectivity index (χ4v) is 2.72. The highest BCUT2D eigenvalue weighted by molar-refractivity contribution is 5.94. The fourth-order valence-electron chi connectivity index (χ4n) is 2.72. The average molecular weight is 402 g/mol. The van der Waals surface area contributed by atoms with Crippen LogP contribution < -0.4 is 20.9 Å². The molecule has 2 aromatic rings. The van der Waals surface area contributed by atoms with Gasteiger partial charge in [-0.05, 0) is 36.4 Å². The minimum Gasteiger partial charge on any atom is -0.336 e. The van der Waals surface area contributed by atoms with Crippen LogP contribution in [0.1, 0.15) is 11.1 Å². The molecule has 0 aliphatic carbocycles. The van der Waals surface area contributed by atoms with E-state index in [0.29, 0.717) is 18.7 Å². The van der Waals surface area contributed by atoms with Gasteiger partial charge in [0.05, 0.1) is 17.8 Å². The van der Waals surface area contributed by atoms with Crippen molar-refractivity contribution in [2.45, 2.75) is 6.18 Å². The molecule has 0 spiro atoms. The molecule has 0 atom stereocenters. The van der Waals surface area contributed by atoms with Crippen molar-refractivity contribution in [3.8, 4) is 11.8 Å². The van der Waals surface area contributed by atoms with Gasteiger partial charge in [-0.3, -0.25) is 4.90 Å². The number of rotatable bonds is 3. The quantitative estimate of drug-likeness (QED) is 0.689. The van der Waals surface area contributed by atoms with E-state index in [2.05, 4.69) is 27.8 Å². The zero-order valence-corrected chi connectivity index (χ0v) is 15.1. The van der Waals surface area contributed by atoms with Gasteiger partial charge in [-0.2, -0.15) is 13.2 Å². The second kappa shape index (κ2) is 8.56. The van der Waals surface area contributed by atoms with Gasteiger partial charge in [0.15, 0.2) is 0 Å². The van der Waals surface area contributed by atoms with Crippen molar-refractivity contribution >= 4 is 23.4 Å². The first-order chi connectivity index (χ1) is 13.8. The van der Waals surface area contributed by atoms with Crippen molar-refractivity contribution < 1.29 is 22.8 Å². The Balaban J connectivity index is 1.53. The molecular formula is C20H17F3N4O2. The van der Waals surface area contributed by atoms with Gasteiger partial charge in [-0.15, -0.1) is 0 Å². The smallest absolute Gasteiger partial charge is 0.336 e. The summed E-state index contributed by atoms with van der Waals surface area (Å²) >= 11 is 0. The van der Waals surface area contributed by atoms with Crippen molar-refractivity contribution in [2.24, 2.45) is 0 Å². The Labute approximate surface area is 165 Å². The van der Waals surface area contributed by atoms with E-state index in [1.165, 1.54) is 18.2 Å². The van der Waals surface area contributed by atoms with Gasteiger partial charge < -0.3 is 16.0 Å². The lowest BCUT2D eigenvalue weighted by molar-refractivity contribution is -0.136. The molecule has 4 amide bonds. The summed E-state index contributed by atoms with van der Waals surface area (Å²) in [7, 11) is 0. The summed E-state index contributed by atoms with van der Waals surface area (Å²) in [5.74, 6) is 5.56. The van der Waals surface area contributed by atoms with Gasteiger partial charge in [0.1, 0.15) is 0 Å². The number of para-hydroxylation sites is 1. The predicted molar refractivity (Wildman–Crippen MR) is 103 cm³/mol. The first-order valence-electron chi connectivity index (χ1n) is 8.70. The predicted octanol–water partition coefficient (Wildman–Crippen LogP) is 3.41. The molecule has 1 aliphatic rings. The molecule has 150 valence electrons. The van der Waals surface area contributed by atoms with Crippen LogP contribution in [0.3, 0.4) is 0 Å². The molecule has 0 aromatic heterocycles. The molecule has 0 radical (unpaired) electrons. The number of hydrogen-bond acceptors (Lipinski definition) is 2. The van der Waals surface area contributed by atoms with E-state index in [1.54, 1.807) is 29.2 Å². The number of carbonyl (C=O) groups excluding carboxylic acids is 2. The minimum atomic E-state index is -4.56. The van der Waals surface area contributed by atoms with Crippen molar-refractivity contribution in [2.75, 3.05) is 29.9 Å². The number of amides is 4. The summed E-state index contributed by atoms with van der Waals surface area (Å²) in [6, 6.07) is 10.8. The lowest BCUT2D eigenvalue weighted by Gasteiger charge is -2.13. The number of halogens is 3. The molecule has 9 heteroatoms. The van der Waals surface area contributed by atoms with E-state index in [9.17, 15) is 22.8 Å². The number of nitrogens with one attached hydrogen (secondary N) is 3. The van der Waals surface area contributed by atoms with Crippen LogP contribution >= 0.6 is 0 Å². The molecule has 0 unspecified atom stereocenters. The Morgan fingerprint density at radius 1 is 1.14 bits per heavy atom. The Hall–Kier alpha value is -3.67. The number of urea groups is 2. The number of hydrogen-bond donors (Lipinski definition) is 3. The van der Waals surface area contributed by atoms with Gasteiger partial charge in [0.2, 0.25) is 0 Å². The van der Waals surface area contributed by atoms with E-state index in [0.717, 1.165) is 11.8 Å². The van der Waals surface area contributed by atoms with Gasteiger partial charge in [0, 0.05) is 24.3 Å². The molecule has 29 heavy (non-hydrogen) atoms. The molecular weight excluding hydrogens is 385 g/mol.